The first-order valence-electron chi connectivity index (χ1n) is 8.87. The lowest BCUT2D eigenvalue weighted by Gasteiger charge is -2.36. The van der Waals surface area contributed by atoms with E-state index >= 15 is 0 Å². The molecule has 0 bridgehead atoms. The maximum absolute atomic E-state index is 14.5. The second kappa shape index (κ2) is 7.34. The summed E-state index contributed by atoms with van der Waals surface area (Å²) in [6.45, 7) is 5.42. The average Bonchev–Trinajstić information content (AvgIpc) is 2.92. The summed E-state index contributed by atoms with van der Waals surface area (Å²) < 4.78 is 19.7. The number of aromatic nitrogens is 1. The molecule has 2 N–H and O–H groups in total. The van der Waals surface area contributed by atoms with Crippen LogP contribution in [0.25, 0.3) is 11.9 Å². The molecule has 2 aliphatic rings. The fourth-order valence-corrected chi connectivity index (χ4v) is 4.52. The van der Waals surface area contributed by atoms with Crippen LogP contribution in [0.2, 0.25) is 0 Å². The minimum absolute atomic E-state index is 0.252. The highest BCUT2D eigenvalue weighted by molar-refractivity contribution is 7.16. The highest BCUT2D eigenvalue weighted by atomic mass is 32.1. The van der Waals surface area contributed by atoms with E-state index in [1.54, 1.807) is 30.8 Å². The average molecular weight is 374 g/mol. The fourth-order valence-electron chi connectivity index (χ4n) is 3.64. The molecule has 1 unspecified atom stereocenters. The van der Waals surface area contributed by atoms with E-state index in [-0.39, 0.29) is 5.82 Å². The predicted octanol–water partition coefficient (Wildman–Crippen LogP) is 1.22. The van der Waals surface area contributed by atoms with Crippen molar-refractivity contribution < 1.29 is 9.13 Å². The zero-order chi connectivity index (χ0) is 18.1. The zero-order valence-electron chi connectivity index (χ0n) is 15.0. The standard InChI is InChI=1S/C19H23FN4OS/c1-12-9-14-18(24-7-6-21-13(11-24)4-8-25-2)17-15(10-23-19(14)26-12)16(20)3-5-22-17/h3,5,9-10,13,21,23H,4,6-8,11H2,1-2H3. The summed E-state index contributed by atoms with van der Waals surface area (Å²) in [5.41, 5.74) is 2.12. The van der Waals surface area contributed by atoms with Crippen molar-refractivity contribution in [1.29, 1.82) is 0 Å². The SMILES string of the molecule is COCCC1CN(C2=c3nccc(F)c3=CNc3sc(C)cc32)CCN1. The van der Waals surface area contributed by atoms with Crippen LogP contribution in [0.15, 0.2) is 18.3 Å². The topological polar surface area (TPSA) is 49.4 Å². The number of nitrogens with one attached hydrogen (secondary N) is 2. The van der Waals surface area contributed by atoms with Gasteiger partial charge in [-0.25, -0.2) is 4.39 Å². The molecule has 4 heterocycles. The molecule has 1 atom stereocenters. The van der Waals surface area contributed by atoms with Crippen molar-refractivity contribution in [2.45, 2.75) is 19.4 Å². The minimum Gasteiger partial charge on any atom is -0.385 e. The maximum Gasteiger partial charge on any atom is 0.135 e. The summed E-state index contributed by atoms with van der Waals surface area (Å²) in [6.07, 6.45) is 4.24. The molecule has 7 heteroatoms. The molecule has 0 amide bonds. The Labute approximate surface area is 156 Å². The van der Waals surface area contributed by atoms with E-state index in [1.165, 1.54) is 10.9 Å². The predicted molar refractivity (Wildman–Crippen MR) is 103 cm³/mol. The second-order valence-corrected chi connectivity index (χ2v) is 7.93. The molecule has 0 aliphatic carbocycles. The fraction of sp³-hybridized carbons (Fsp3) is 0.421. The van der Waals surface area contributed by atoms with E-state index in [0.29, 0.717) is 16.6 Å². The summed E-state index contributed by atoms with van der Waals surface area (Å²) in [5, 5.41) is 9.12. The Balaban J connectivity index is 1.84. The van der Waals surface area contributed by atoms with Crippen LogP contribution in [0.5, 0.6) is 0 Å². The van der Waals surface area contributed by atoms with Crippen molar-refractivity contribution >= 4 is 28.2 Å². The number of halogens is 1. The molecule has 0 aromatic carbocycles. The second-order valence-electron chi connectivity index (χ2n) is 6.67. The van der Waals surface area contributed by atoms with Crippen LogP contribution in [0.1, 0.15) is 16.9 Å². The van der Waals surface area contributed by atoms with Gasteiger partial charge in [0.05, 0.1) is 16.3 Å². The number of thiophene rings is 1. The summed E-state index contributed by atoms with van der Waals surface area (Å²) in [4.78, 5) is 8.12. The summed E-state index contributed by atoms with van der Waals surface area (Å²) in [6, 6.07) is 3.93. The van der Waals surface area contributed by atoms with Gasteiger partial charge >= 0.3 is 0 Å². The Hall–Kier alpha value is -1.96. The van der Waals surface area contributed by atoms with Gasteiger partial charge in [-0.05, 0) is 25.5 Å². The number of hydrogen-bond donors (Lipinski definition) is 2. The lowest BCUT2D eigenvalue weighted by atomic mass is 10.1. The van der Waals surface area contributed by atoms with E-state index in [9.17, 15) is 4.39 Å². The molecule has 0 spiro atoms. The third-order valence-electron chi connectivity index (χ3n) is 4.86. The van der Waals surface area contributed by atoms with Crippen LogP contribution in [-0.2, 0) is 4.74 Å². The first-order chi connectivity index (χ1) is 12.7. The minimum atomic E-state index is -0.252. The molecular weight excluding hydrogens is 351 g/mol. The molecule has 5 nitrogen and oxygen atoms in total. The molecular formula is C19H23FN4OS. The van der Waals surface area contributed by atoms with Gasteiger partial charge in [0.15, 0.2) is 0 Å². The Morgan fingerprint density at radius 2 is 2.35 bits per heavy atom. The van der Waals surface area contributed by atoms with Gasteiger partial charge in [0.1, 0.15) is 10.8 Å². The number of pyridine rings is 1. The van der Waals surface area contributed by atoms with Crippen molar-refractivity contribution in [2.24, 2.45) is 0 Å². The molecule has 0 radical (unpaired) electrons. The van der Waals surface area contributed by atoms with Gasteiger partial charge in [-0.1, -0.05) is 0 Å². The highest BCUT2D eigenvalue weighted by Gasteiger charge is 2.26. The molecule has 4 rings (SSSR count). The summed E-state index contributed by atoms with van der Waals surface area (Å²) >= 11 is 1.69. The number of piperazine rings is 1. The van der Waals surface area contributed by atoms with Crippen LogP contribution in [0.3, 0.4) is 0 Å². The van der Waals surface area contributed by atoms with Gasteiger partial charge < -0.3 is 20.3 Å². The van der Waals surface area contributed by atoms with Crippen LogP contribution in [0, 0.1) is 12.7 Å². The van der Waals surface area contributed by atoms with Crippen molar-refractivity contribution in [3.8, 4) is 0 Å². The smallest absolute Gasteiger partial charge is 0.135 e. The van der Waals surface area contributed by atoms with Gasteiger partial charge in [-0.2, -0.15) is 0 Å². The van der Waals surface area contributed by atoms with E-state index in [2.05, 4.69) is 33.5 Å². The van der Waals surface area contributed by atoms with E-state index in [1.807, 2.05) is 0 Å². The largest absolute Gasteiger partial charge is 0.385 e. The highest BCUT2D eigenvalue weighted by Crippen LogP contribution is 2.34. The number of aryl methyl sites for hydroxylation is 1. The number of methoxy groups -OCH3 is 1. The molecule has 1 fully saturated rings. The first kappa shape index (κ1) is 17.5. The van der Waals surface area contributed by atoms with Crippen molar-refractivity contribution in [1.82, 2.24) is 15.2 Å². The number of ether oxygens (including phenoxy) is 1. The Morgan fingerprint density at radius 3 is 3.19 bits per heavy atom. The monoisotopic (exact) mass is 374 g/mol. The Kier molecular flexibility index (Phi) is 4.93. The van der Waals surface area contributed by atoms with Gasteiger partial charge in [0, 0.05) is 62.2 Å². The Bertz CT molecular complexity index is 926. The molecule has 1 saturated heterocycles. The van der Waals surface area contributed by atoms with E-state index in [4.69, 9.17) is 4.74 Å². The van der Waals surface area contributed by atoms with Gasteiger partial charge in [-0.15, -0.1) is 11.3 Å². The van der Waals surface area contributed by atoms with Gasteiger partial charge in [0.25, 0.3) is 0 Å². The number of fused-ring (bicyclic) bond motifs is 2. The van der Waals surface area contributed by atoms with E-state index in [0.717, 1.165) is 48.9 Å². The van der Waals surface area contributed by atoms with Crippen LogP contribution in [0.4, 0.5) is 9.39 Å². The number of nitrogens with zero attached hydrogens (tertiary/aromatic N) is 2. The first-order valence-corrected chi connectivity index (χ1v) is 9.68. The van der Waals surface area contributed by atoms with Crippen molar-refractivity contribution in [2.75, 3.05) is 38.7 Å². The summed E-state index contributed by atoms with van der Waals surface area (Å²) in [7, 11) is 1.73. The third kappa shape index (κ3) is 3.22. The van der Waals surface area contributed by atoms with Crippen LogP contribution >= 0.6 is 11.3 Å². The zero-order valence-corrected chi connectivity index (χ0v) is 15.8. The normalized spacial score (nSPS) is 19.3. The van der Waals surface area contributed by atoms with Gasteiger partial charge in [0.2, 0.25) is 0 Å². The Morgan fingerprint density at radius 1 is 1.46 bits per heavy atom. The van der Waals surface area contributed by atoms with Gasteiger partial charge in [-0.3, -0.25) is 4.98 Å². The lowest BCUT2D eigenvalue weighted by Crippen LogP contribution is -2.52. The number of anilines is 1. The molecule has 0 saturated carbocycles. The van der Waals surface area contributed by atoms with Crippen molar-refractivity contribution in [3.05, 3.63) is 45.2 Å². The number of hydrogen-bond acceptors (Lipinski definition) is 6. The summed E-state index contributed by atoms with van der Waals surface area (Å²) in [5.74, 6) is -0.252. The van der Waals surface area contributed by atoms with Crippen molar-refractivity contribution in [3.63, 3.8) is 0 Å². The maximum atomic E-state index is 14.5. The molecule has 2 aliphatic heterocycles. The molecule has 2 aromatic heterocycles. The van der Waals surface area contributed by atoms with Crippen LogP contribution in [-0.4, -0.2) is 49.3 Å². The van der Waals surface area contributed by atoms with E-state index < -0.39 is 0 Å². The lowest BCUT2D eigenvalue weighted by molar-refractivity contribution is 0.166. The number of rotatable bonds is 4. The third-order valence-corrected chi connectivity index (χ3v) is 5.84. The molecule has 26 heavy (non-hydrogen) atoms. The quantitative estimate of drug-likeness (QED) is 0.843. The molecule has 138 valence electrons. The molecule has 2 aromatic rings. The van der Waals surface area contributed by atoms with Crippen LogP contribution < -0.4 is 21.2 Å².